The van der Waals surface area contributed by atoms with Crippen molar-refractivity contribution < 1.29 is 14.4 Å². The molecular weight excluding hydrogens is 365 g/mol. The third kappa shape index (κ3) is 3.06. The highest BCUT2D eigenvalue weighted by Crippen LogP contribution is 2.28. The lowest BCUT2D eigenvalue weighted by Crippen LogP contribution is -2.47. The van der Waals surface area contributed by atoms with Gasteiger partial charge in [0.25, 0.3) is 11.8 Å². The molecule has 0 saturated carbocycles. The number of rotatable bonds is 3. The quantitative estimate of drug-likeness (QED) is 0.806. The van der Waals surface area contributed by atoms with E-state index in [0.717, 1.165) is 0 Å². The van der Waals surface area contributed by atoms with E-state index in [1.807, 2.05) is 0 Å². The average Bonchev–Trinajstić information content (AvgIpc) is 2.82. The number of nitrogens with zero attached hydrogens (tertiary/aromatic N) is 1. The molecule has 1 heterocycles. The van der Waals surface area contributed by atoms with Crippen molar-refractivity contribution in [3.05, 3.63) is 69.7 Å². The Morgan fingerprint density at radius 1 is 1.08 bits per heavy atom. The molecule has 3 rings (SSSR count). The van der Waals surface area contributed by atoms with E-state index in [-0.39, 0.29) is 10.6 Å². The number of hydrazine groups is 1. The van der Waals surface area contributed by atoms with Crippen molar-refractivity contribution in [1.29, 1.82) is 0 Å². The van der Waals surface area contributed by atoms with Crippen LogP contribution in [0.4, 0.5) is 4.79 Å². The fraction of sp³-hybridized carbons (Fsp3) is 0.118. The summed E-state index contributed by atoms with van der Waals surface area (Å²) in [6, 6.07) is 12.3. The minimum Gasteiger partial charge on any atom is -0.318 e. The number of hydrogen-bond acceptors (Lipinski definition) is 3. The van der Waals surface area contributed by atoms with Crippen LogP contribution in [0, 0.1) is 0 Å². The van der Waals surface area contributed by atoms with Crippen LogP contribution >= 0.6 is 23.2 Å². The lowest BCUT2D eigenvalue weighted by molar-refractivity contribution is -0.132. The molecule has 0 spiro atoms. The van der Waals surface area contributed by atoms with E-state index < -0.39 is 23.4 Å². The first-order valence-electron chi connectivity index (χ1n) is 7.31. The largest absolute Gasteiger partial charge is 0.344 e. The molecule has 0 bridgehead atoms. The van der Waals surface area contributed by atoms with Crippen LogP contribution in [0.2, 0.25) is 10.0 Å². The highest BCUT2D eigenvalue weighted by molar-refractivity contribution is 6.42. The second kappa shape index (κ2) is 6.38. The zero-order chi connectivity index (χ0) is 18.2. The molecule has 0 aliphatic carbocycles. The SMILES string of the molecule is C[C@@]1(c2ccccc2)NC(=O)N(NC(=O)c2ccc(Cl)c(Cl)c2)C1=O. The van der Waals surface area contributed by atoms with Gasteiger partial charge in [-0.3, -0.25) is 15.0 Å². The number of urea groups is 1. The summed E-state index contributed by atoms with van der Waals surface area (Å²) < 4.78 is 0. The lowest BCUT2D eigenvalue weighted by Gasteiger charge is -2.22. The number of carbonyl (C=O) groups is 3. The van der Waals surface area contributed by atoms with Crippen molar-refractivity contribution in [2.75, 3.05) is 0 Å². The summed E-state index contributed by atoms with van der Waals surface area (Å²) in [5.74, 6) is -1.24. The Labute approximate surface area is 153 Å². The highest BCUT2D eigenvalue weighted by Gasteiger charge is 2.50. The molecule has 25 heavy (non-hydrogen) atoms. The van der Waals surface area contributed by atoms with Crippen molar-refractivity contribution in [2.24, 2.45) is 0 Å². The van der Waals surface area contributed by atoms with E-state index >= 15 is 0 Å². The molecule has 2 aromatic rings. The topological polar surface area (TPSA) is 78.5 Å². The van der Waals surface area contributed by atoms with E-state index in [2.05, 4.69) is 10.7 Å². The molecule has 0 aromatic heterocycles. The van der Waals surface area contributed by atoms with Crippen molar-refractivity contribution in [3.63, 3.8) is 0 Å². The number of carbonyl (C=O) groups excluding carboxylic acids is 3. The zero-order valence-electron chi connectivity index (χ0n) is 13.0. The third-order valence-corrected chi connectivity index (χ3v) is 4.68. The Balaban J connectivity index is 1.83. The molecule has 0 unspecified atom stereocenters. The molecule has 1 atom stereocenters. The zero-order valence-corrected chi connectivity index (χ0v) is 14.6. The molecule has 1 saturated heterocycles. The average molecular weight is 378 g/mol. The van der Waals surface area contributed by atoms with Crippen LogP contribution in [-0.4, -0.2) is 22.9 Å². The van der Waals surface area contributed by atoms with Crippen LogP contribution in [0.3, 0.4) is 0 Å². The van der Waals surface area contributed by atoms with Crippen LogP contribution in [0.5, 0.6) is 0 Å². The van der Waals surface area contributed by atoms with Gasteiger partial charge in [0.1, 0.15) is 5.54 Å². The van der Waals surface area contributed by atoms with Crippen LogP contribution in [-0.2, 0) is 10.3 Å². The van der Waals surface area contributed by atoms with E-state index in [1.165, 1.54) is 18.2 Å². The predicted octanol–water partition coefficient (Wildman–Crippen LogP) is 3.11. The van der Waals surface area contributed by atoms with E-state index in [9.17, 15) is 14.4 Å². The van der Waals surface area contributed by atoms with Crippen molar-refractivity contribution >= 4 is 41.0 Å². The molecule has 2 N–H and O–H groups in total. The van der Waals surface area contributed by atoms with E-state index in [1.54, 1.807) is 37.3 Å². The summed E-state index contributed by atoms with van der Waals surface area (Å²) in [6.07, 6.45) is 0. The molecular formula is C17H13Cl2N3O3. The molecule has 128 valence electrons. The standard InChI is InChI=1S/C17H13Cl2N3O3/c1-17(11-5-3-2-4-6-11)15(24)22(16(25)20-17)21-14(23)10-7-8-12(18)13(19)9-10/h2-9H,1H3,(H,20,25)(H,21,23)/t17-/m0/s1. The maximum Gasteiger partial charge on any atom is 0.344 e. The lowest BCUT2D eigenvalue weighted by atomic mass is 9.92. The normalized spacial score (nSPS) is 19.7. The summed E-state index contributed by atoms with van der Waals surface area (Å²) in [6.45, 7) is 1.58. The minimum atomic E-state index is -1.26. The molecule has 1 aliphatic heterocycles. The smallest absolute Gasteiger partial charge is 0.318 e. The monoisotopic (exact) mass is 377 g/mol. The van der Waals surface area contributed by atoms with Gasteiger partial charge in [-0.2, -0.15) is 5.01 Å². The van der Waals surface area contributed by atoms with Crippen LogP contribution in [0.1, 0.15) is 22.8 Å². The van der Waals surface area contributed by atoms with Crippen LogP contribution in [0.25, 0.3) is 0 Å². The van der Waals surface area contributed by atoms with E-state index in [0.29, 0.717) is 15.6 Å². The Morgan fingerprint density at radius 3 is 2.40 bits per heavy atom. The number of amides is 4. The third-order valence-electron chi connectivity index (χ3n) is 3.94. The van der Waals surface area contributed by atoms with Gasteiger partial charge in [-0.25, -0.2) is 4.79 Å². The van der Waals surface area contributed by atoms with Gasteiger partial charge in [0.2, 0.25) is 0 Å². The van der Waals surface area contributed by atoms with Gasteiger partial charge in [-0.1, -0.05) is 53.5 Å². The van der Waals surface area contributed by atoms with Gasteiger partial charge >= 0.3 is 6.03 Å². The second-order valence-electron chi connectivity index (χ2n) is 5.63. The summed E-state index contributed by atoms with van der Waals surface area (Å²) in [5.41, 5.74) is 1.82. The van der Waals surface area contributed by atoms with Gasteiger partial charge in [-0.05, 0) is 30.7 Å². The molecule has 8 heteroatoms. The fourth-order valence-electron chi connectivity index (χ4n) is 2.51. The van der Waals surface area contributed by atoms with Gasteiger partial charge in [-0.15, -0.1) is 0 Å². The fourth-order valence-corrected chi connectivity index (χ4v) is 2.81. The summed E-state index contributed by atoms with van der Waals surface area (Å²) in [5, 5.41) is 3.76. The number of halogens is 2. The first-order valence-corrected chi connectivity index (χ1v) is 8.07. The van der Waals surface area contributed by atoms with E-state index in [4.69, 9.17) is 23.2 Å². The molecule has 6 nitrogen and oxygen atoms in total. The molecule has 2 aromatic carbocycles. The van der Waals surface area contributed by atoms with Gasteiger partial charge in [0.15, 0.2) is 0 Å². The number of hydrogen-bond donors (Lipinski definition) is 2. The molecule has 1 fully saturated rings. The maximum absolute atomic E-state index is 12.7. The number of imide groups is 1. The maximum atomic E-state index is 12.7. The Morgan fingerprint density at radius 2 is 1.76 bits per heavy atom. The highest BCUT2D eigenvalue weighted by atomic mass is 35.5. The van der Waals surface area contributed by atoms with Crippen molar-refractivity contribution in [2.45, 2.75) is 12.5 Å². The summed E-state index contributed by atoms with van der Waals surface area (Å²) >= 11 is 11.7. The van der Waals surface area contributed by atoms with Crippen LogP contribution < -0.4 is 10.7 Å². The van der Waals surface area contributed by atoms with Crippen molar-refractivity contribution in [1.82, 2.24) is 15.8 Å². The minimum absolute atomic E-state index is 0.170. The molecule has 4 amide bonds. The summed E-state index contributed by atoms with van der Waals surface area (Å²) in [4.78, 5) is 37.2. The summed E-state index contributed by atoms with van der Waals surface area (Å²) in [7, 11) is 0. The Bertz CT molecular complexity index is 873. The number of nitrogens with one attached hydrogen (secondary N) is 2. The second-order valence-corrected chi connectivity index (χ2v) is 6.45. The number of benzene rings is 2. The predicted molar refractivity (Wildman–Crippen MR) is 93.1 cm³/mol. The molecule has 1 aliphatic rings. The van der Waals surface area contributed by atoms with Gasteiger partial charge in [0.05, 0.1) is 10.0 Å². The Kier molecular flexibility index (Phi) is 4.41. The van der Waals surface area contributed by atoms with Gasteiger partial charge in [0, 0.05) is 5.56 Å². The Hall–Kier alpha value is -2.57. The van der Waals surface area contributed by atoms with Gasteiger partial charge < -0.3 is 5.32 Å². The van der Waals surface area contributed by atoms with Crippen molar-refractivity contribution in [3.8, 4) is 0 Å². The molecule has 0 radical (unpaired) electrons. The first kappa shape index (κ1) is 17.3. The first-order chi connectivity index (χ1) is 11.8. The van der Waals surface area contributed by atoms with Crippen LogP contribution in [0.15, 0.2) is 48.5 Å².